The van der Waals surface area contributed by atoms with Crippen LogP contribution in [0.1, 0.15) is 16.4 Å². The average Bonchev–Trinajstić information content (AvgIpc) is 3.24. The lowest BCUT2D eigenvalue weighted by Gasteiger charge is -2.04. The number of aromatic amines is 1. The van der Waals surface area contributed by atoms with Gasteiger partial charge in [0.15, 0.2) is 12.4 Å². The molecule has 6 nitrogen and oxygen atoms in total. The van der Waals surface area contributed by atoms with Gasteiger partial charge in [-0.3, -0.25) is 4.79 Å². The van der Waals surface area contributed by atoms with Crippen LogP contribution >= 0.6 is 23.4 Å². The first-order chi connectivity index (χ1) is 11.2. The molecule has 3 rings (SSSR count). The molecule has 0 bridgehead atoms. The number of H-pyrrole nitrogens is 1. The van der Waals surface area contributed by atoms with Crippen molar-refractivity contribution in [2.24, 2.45) is 0 Å². The number of carbonyl (C=O) groups is 1. The normalized spacial score (nSPS) is 10.7. The molecule has 1 aromatic carbocycles. The van der Waals surface area contributed by atoms with E-state index in [1.807, 2.05) is 12.1 Å². The van der Waals surface area contributed by atoms with E-state index in [-0.39, 0.29) is 18.1 Å². The fraction of sp³-hybridized carbons (Fsp3) is 0.133. The number of ketones is 1. The fourth-order valence-electron chi connectivity index (χ4n) is 1.76. The van der Waals surface area contributed by atoms with Crippen LogP contribution in [-0.4, -0.2) is 26.7 Å². The molecular weight excluding hydrogens is 338 g/mol. The van der Waals surface area contributed by atoms with Crippen LogP contribution in [0.25, 0.3) is 0 Å². The van der Waals surface area contributed by atoms with Crippen molar-refractivity contribution >= 4 is 29.1 Å². The molecule has 0 saturated heterocycles. The third kappa shape index (κ3) is 4.14. The number of thioether (sulfide) groups is 1. The van der Waals surface area contributed by atoms with Crippen molar-refractivity contribution in [2.45, 2.75) is 11.8 Å². The van der Waals surface area contributed by atoms with Gasteiger partial charge in [-0.15, -0.1) is 10.2 Å². The maximum Gasteiger partial charge on any atom is 0.277 e. The van der Waals surface area contributed by atoms with Crippen molar-refractivity contribution in [3.05, 3.63) is 59.2 Å². The van der Waals surface area contributed by atoms with Gasteiger partial charge in [0.2, 0.25) is 0 Å². The molecule has 8 heteroatoms. The van der Waals surface area contributed by atoms with Crippen molar-refractivity contribution in [1.29, 1.82) is 0 Å². The molecule has 0 amide bonds. The average molecular weight is 350 g/mol. The summed E-state index contributed by atoms with van der Waals surface area (Å²) in [5.41, 5.74) is 0.555. The Hall–Kier alpha value is -2.25. The Labute approximate surface area is 141 Å². The second-order valence-corrected chi connectivity index (χ2v) is 5.81. The molecule has 0 spiro atoms. The van der Waals surface area contributed by atoms with E-state index in [9.17, 15) is 4.79 Å². The molecule has 0 aliphatic rings. The summed E-state index contributed by atoms with van der Waals surface area (Å²) in [6, 6.07) is 10.6. The van der Waals surface area contributed by atoms with Gasteiger partial charge in [0.25, 0.3) is 11.1 Å². The van der Waals surface area contributed by atoms with Crippen LogP contribution in [0.4, 0.5) is 0 Å². The highest BCUT2D eigenvalue weighted by atomic mass is 35.5. The van der Waals surface area contributed by atoms with Gasteiger partial charge >= 0.3 is 0 Å². The maximum absolute atomic E-state index is 11.9. The minimum absolute atomic E-state index is 0.0351. The lowest BCUT2D eigenvalue weighted by Crippen LogP contribution is -2.02. The number of carbonyl (C=O) groups excluding carboxylic acids is 1. The molecule has 0 aliphatic carbocycles. The standard InChI is InChI=1S/C15H12ClN3O3S/c16-10-4-1-2-6-13(10)21-8-14-18-19-15(22-14)23-9-12(20)11-5-3-7-17-11/h1-7,17H,8-9H2. The number of halogens is 1. The SMILES string of the molecule is O=C(CSc1nnc(COc2ccccc2Cl)o1)c1ccc[nH]1. The van der Waals surface area contributed by atoms with Gasteiger partial charge in [0.1, 0.15) is 5.75 Å². The molecule has 0 atom stereocenters. The maximum atomic E-state index is 11.9. The van der Waals surface area contributed by atoms with Crippen molar-refractivity contribution in [1.82, 2.24) is 15.2 Å². The Morgan fingerprint density at radius 2 is 2.13 bits per heavy atom. The summed E-state index contributed by atoms with van der Waals surface area (Å²) in [5, 5.41) is 8.59. The van der Waals surface area contributed by atoms with Gasteiger partial charge in [0, 0.05) is 6.20 Å². The Balaban J connectivity index is 1.52. The number of para-hydroxylation sites is 1. The summed E-state index contributed by atoms with van der Waals surface area (Å²) >= 11 is 7.17. The topological polar surface area (TPSA) is 81.0 Å². The quantitative estimate of drug-likeness (QED) is 0.518. The highest BCUT2D eigenvalue weighted by molar-refractivity contribution is 7.99. The van der Waals surface area contributed by atoms with Crippen LogP contribution in [0.15, 0.2) is 52.2 Å². The first kappa shape index (κ1) is 15.6. The molecule has 118 valence electrons. The first-order valence-electron chi connectivity index (χ1n) is 6.71. The predicted molar refractivity (Wildman–Crippen MR) is 85.9 cm³/mol. The van der Waals surface area contributed by atoms with E-state index in [0.29, 0.717) is 27.6 Å². The van der Waals surface area contributed by atoms with Crippen molar-refractivity contribution in [3.63, 3.8) is 0 Å². The number of hydrogen-bond donors (Lipinski definition) is 1. The second-order valence-electron chi connectivity index (χ2n) is 4.48. The van der Waals surface area contributed by atoms with E-state index in [0.717, 1.165) is 0 Å². The molecule has 1 N–H and O–H groups in total. The zero-order valence-electron chi connectivity index (χ0n) is 11.9. The van der Waals surface area contributed by atoms with Crippen LogP contribution in [0.2, 0.25) is 5.02 Å². The van der Waals surface area contributed by atoms with Crippen LogP contribution < -0.4 is 4.74 Å². The number of rotatable bonds is 7. The fourth-order valence-corrected chi connectivity index (χ4v) is 2.62. The van der Waals surface area contributed by atoms with E-state index in [1.54, 1.807) is 30.5 Å². The number of aromatic nitrogens is 3. The number of nitrogens with one attached hydrogen (secondary N) is 1. The first-order valence-corrected chi connectivity index (χ1v) is 8.08. The van der Waals surface area contributed by atoms with E-state index in [4.69, 9.17) is 20.8 Å². The zero-order valence-corrected chi connectivity index (χ0v) is 13.4. The smallest absolute Gasteiger partial charge is 0.277 e. The van der Waals surface area contributed by atoms with E-state index < -0.39 is 0 Å². The minimum atomic E-state index is -0.0351. The Bertz CT molecular complexity index is 789. The van der Waals surface area contributed by atoms with Crippen LogP contribution in [0, 0.1) is 0 Å². The molecule has 0 unspecified atom stereocenters. The summed E-state index contributed by atoms with van der Waals surface area (Å²) in [6.45, 7) is 0.113. The van der Waals surface area contributed by atoms with Crippen LogP contribution in [0.3, 0.4) is 0 Å². The molecular formula is C15H12ClN3O3S. The Morgan fingerprint density at radius 1 is 1.26 bits per heavy atom. The third-order valence-corrected chi connectivity index (χ3v) is 3.99. The summed E-state index contributed by atoms with van der Waals surface area (Å²) in [6.07, 6.45) is 1.70. The highest BCUT2D eigenvalue weighted by Gasteiger charge is 2.12. The highest BCUT2D eigenvalue weighted by Crippen LogP contribution is 2.24. The van der Waals surface area contributed by atoms with Crippen LogP contribution in [0.5, 0.6) is 5.75 Å². The predicted octanol–water partition coefficient (Wildman–Crippen LogP) is 3.61. The second kappa shape index (κ2) is 7.34. The van der Waals surface area contributed by atoms with Gasteiger partial charge < -0.3 is 14.1 Å². The number of hydrogen-bond acceptors (Lipinski definition) is 6. The minimum Gasteiger partial charge on any atom is -0.482 e. The van der Waals surface area contributed by atoms with Gasteiger partial charge in [-0.2, -0.15) is 0 Å². The summed E-state index contributed by atoms with van der Waals surface area (Å²) < 4.78 is 10.9. The zero-order chi connectivity index (χ0) is 16.1. The summed E-state index contributed by atoms with van der Waals surface area (Å²) in [4.78, 5) is 14.7. The molecule has 0 fully saturated rings. The molecule has 0 saturated carbocycles. The third-order valence-electron chi connectivity index (χ3n) is 2.86. The van der Waals surface area contributed by atoms with Gasteiger partial charge in [-0.25, -0.2) is 0 Å². The Kier molecular flexibility index (Phi) is 4.99. The lowest BCUT2D eigenvalue weighted by atomic mass is 10.3. The van der Waals surface area contributed by atoms with E-state index >= 15 is 0 Å². The van der Waals surface area contributed by atoms with Gasteiger partial charge in [-0.05, 0) is 24.3 Å². The molecule has 2 aromatic heterocycles. The van der Waals surface area contributed by atoms with Crippen LogP contribution in [-0.2, 0) is 6.61 Å². The summed E-state index contributed by atoms with van der Waals surface area (Å²) in [5.74, 6) is 1.04. The molecule has 2 heterocycles. The molecule has 0 aliphatic heterocycles. The van der Waals surface area contributed by atoms with E-state index in [2.05, 4.69) is 15.2 Å². The van der Waals surface area contributed by atoms with Gasteiger partial charge in [0.05, 0.1) is 16.5 Å². The van der Waals surface area contributed by atoms with E-state index in [1.165, 1.54) is 11.8 Å². The number of nitrogens with zero attached hydrogens (tertiary/aromatic N) is 2. The monoisotopic (exact) mass is 349 g/mol. The van der Waals surface area contributed by atoms with Crippen molar-refractivity contribution < 1.29 is 13.9 Å². The Morgan fingerprint density at radius 3 is 2.91 bits per heavy atom. The van der Waals surface area contributed by atoms with Gasteiger partial charge in [-0.1, -0.05) is 35.5 Å². The largest absolute Gasteiger partial charge is 0.482 e. The van der Waals surface area contributed by atoms with Crippen molar-refractivity contribution in [3.8, 4) is 5.75 Å². The number of Topliss-reactive ketones (excluding diaryl/α,β-unsaturated/α-hetero) is 1. The molecule has 3 aromatic rings. The molecule has 0 radical (unpaired) electrons. The summed E-state index contributed by atoms with van der Waals surface area (Å²) in [7, 11) is 0. The van der Waals surface area contributed by atoms with Crippen molar-refractivity contribution in [2.75, 3.05) is 5.75 Å². The molecule has 23 heavy (non-hydrogen) atoms. The lowest BCUT2D eigenvalue weighted by molar-refractivity contribution is 0.101. The number of benzene rings is 1. The number of ether oxygens (including phenoxy) is 1.